The molecule has 1 nitrogen and oxygen atoms in total. The number of hydrogen-bond acceptors (Lipinski definition) is 1. The summed E-state index contributed by atoms with van der Waals surface area (Å²) >= 11 is 0. The Morgan fingerprint density at radius 3 is 2.63 bits per heavy atom. The van der Waals surface area contributed by atoms with Crippen molar-refractivity contribution in [3.63, 3.8) is 0 Å². The second-order valence-corrected chi connectivity index (χ2v) is 7.53. The smallest absolute Gasteiger partial charge is 0.0208 e. The standard InChI is InChI=1S/C18H27N/c1-13-6-5-7-14(10-13)12-19-16-11-15-8-9-18(16,4)17(15,2)3/h5-7,10,15-16,19H,8-9,11-12H2,1-4H3. The van der Waals surface area contributed by atoms with Crippen molar-refractivity contribution in [1.29, 1.82) is 0 Å². The lowest BCUT2D eigenvalue weighted by atomic mass is 9.69. The monoisotopic (exact) mass is 257 g/mol. The third-order valence-corrected chi connectivity index (χ3v) is 6.43. The molecule has 0 spiro atoms. The molecule has 0 radical (unpaired) electrons. The van der Waals surface area contributed by atoms with E-state index in [1.807, 2.05) is 0 Å². The first-order chi connectivity index (χ1) is 8.93. The molecule has 0 aliphatic heterocycles. The van der Waals surface area contributed by atoms with Gasteiger partial charge in [0, 0.05) is 12.6 Å². The molecule has 2 bridgehead atoms. The van der Waals surface area contributed by atoms with Crippen LogP contribution in [-0.4, -0.2) is 6.04 Å². The lowest BCUT2D eigenvalue weighted by molar-refractivity contribution is 0.120. The van der Waals surface area contributed by atoms with Crippen LogP contribution in [0, 0.1) is 23.7 Å². The van der Waals surface area contributed by atoms with Crippen molar-refractivity contribution < 1.29 is 0 Å². The molecule has 1 aromatic carbocycles. The Kier molecular flexibility index (Phi) is 3.01. The van der Waals surface area contributed by atoms with Crippen LogP contribution in [0.1, 0.15) is 51.2 Å². The summed E-state index contributed by atoms with van der Waals surface area (Å²) in [5.74, 6) is 0.924. The summed E-state index contributed by atoms with van der Waals surface area (Å²) in [4.78, 5) is 0. The van der Waals surface area contributed by atoms with Crippen LogP contribution in [0.3, 0.4) is 0 Å². The summed E-state index contributed by atoms with van der Waals surface area (Å²) in [5.41, 5.74) is 3.78. The van der Waals surface area contributed by atoms with E-state index in [1.165, 1.54) is 30.4 Å². The third-order valence-electron chi connectivity index (χ3n) is 6.43. The fourth-order valence-corrected chi connectivity index (χ4v) is 4.58. The van der Waals surface area contributed by atoms with Crippen LogP contribution in [0.4, 0.5) is 0 Å². The quantitative estimate of drug-likeness (QED) is 0.851. The average molecular weight is 257 g/mol. The normalized spacial score (nSPS) is 35.8. The lowest BCUT2D eigenvalue weighted by Gasteiger charge is -2.39. The molecule has 2 aliphatic rings. The van der Waals surface area contributed by atoms with Crippen molar-refractivity contribution in [2.45, 2.75) is 59.5 Å². The summed E-state index contributed by atoms with van der Waals surface area (Å²) in [6, 6.07) is 9.57. The molecule has 0 saturated heterocycles. The highest BCUT2D eigenvalue weighted by molar-refractivity contribution is 5.22. The maximum atomic E-state index is 3.85. The molecule has 19 heavy (non-hydrogen) atoms. The fraction of sp³-hybridized carbons (Fsp3) is 0.667. The number of aryl methyl sites for hydroxylation is 1. The Balaban J connectivity index is 1.69. The molecule has 0 aromatic heterocycles. The third kappa shape index (κ3) is 1.94. The van der Waals surface area contributed by atoms with Gasteiger partial charge in [-0.25, -0.2) is 0 Å². The van der Waals surface area contributed by atoms with Gasteiger partial charge < -0.3 is 5.32 Å². The van der Waals surface area contributed by atoms with E-state index in [0.29, 0.717) is 16.9 Å². The Bertz CT molecular complexity index is 476. The van der Waals surface area contributed by atoms with E-state index >= 15 is 0 Å². The number of benzene rings is 1. The van der Waals surface area contributed by atoms with Gasteiger partial charge in [-0.05, 0) is 48.5 Å². The first-order valence-electron chi connectivity index (χ1n) is 7.72. The Hall–Kier alpha value is -0.820. The minimum atomic E-state index is 0.488. The molecule has 2 saturated carbocycles. The molecule has 3 unspecified atom stereocenters. The molecule has 3 atom stereocenters. The Morgan fingerprint density at radius 2 is 2.05 bits per heavy atom. The largest absolute Gasteiger partial charge is 0.309 e. The molecule has 1 aromatic rings. The van der Waals surface area contributed by atoms with Crippen molar-refractivity contribution >= 4 is 0 Å². The van der Waals surface area contributed by atoms with E-state index < -0.39 is 0 Å². The van der Waals surface area contributed by atoms with Gasteiger partial charge in [0.05, 0.1) is 0 Å². The van der Waals surface area contributed by atoms with E-state index in [4.69, 9.17) is 0 Å². The topological polar surface area (TPSA) is 12.0 Å². The lowest BCUT2D eigenvalue weighted by Crippen LogP contribution is -2.44. The molecule has 1 N–H and O–H groups in total. The second-order valence-electron chi connectivity index (χ2n) is 7.53. The zero-order chi connectivity index (χ0) is 13.7. The highest BCUT2D eigenvalue weighted by Crippen LogP contribution is 2.65. The number of hydrogen-bond donors (Lipinski definition) is 1. The van der Waals surface area contributed by atoms with Crippen molar-refractivity contribution in [3.8, 4) is 0 Å². The van der Waals surface area contributed by atoms with Gasteiger partial charge >= 0.3 is 0 Å². The van der Waals surface area contributed by atoms with Gasteiger partial charge in [0.25, 0.3) is 0 Å². The molecular weight excluding hydrogens is 230 g/mol. The van der Waals surface area contributed by atoms with Crippen molar-refractivity contribution in [2.24, 2.45) is 16.7 Å². The van der Waals surface area contributed by atoms with E-state index in [0.717, 1.165) is 12.5 Å². The van der Waals surface area contributed by atoms with Crippen LogP contribution in [0.15, 0.2) is 24.3 Å². The van der Waals surface area contributed by atoms with Crippen LogP contribution in [0.25, 0.3) is 0 Å². The van der Waals surface area contributed by atoms with Crippen LogP contribution >= 0.6 is 0 Å². The summed E-state index contributed by atoms with van der Waals surface area (Å²) in [7, 11) is 0. The average Bonchev–Trinajstić information content (AvgIpc) is 2.69. The summed E-state index contributed by atoms with van der Waals surface area (Å²) in [6.45, 7) is 10.7. The van der Waals surface area contributed by atoms with E-state index in [9.17, 15) is 0 Å². The van der Waals surface area contributed by atoms with Gasteiger partial charge in [0.2, 0.25) is 0 Å². The molecular formula is C18H27N. The van der Waals surface area contributed by atoms with Crippen LogP contribution < -0.4 is 5.32 Å². The Morgan fingerprint density at radius 1 is 1.26 bits per heavy atom. The molecule has 2 aliphatic carbocycles. The minimum absolute atomic E-state index is 0.488. The zero-order valence-corrected chi connectivity index (χ0v) is 12.8. The van der Waals surface area contributed by atoms with Gasteiger partial charge in [-0.1, -0.05) is 50.6 Å². The summed E-state index contributed by atoms with van der Waals surface area (Å²) < 4.78 is 0. The highest BCUT2D eigenvalue weighted by atomic mass is 15.0. The van der Waals surface area contributed by atoms with E-state index in [-0.39, 0.29) is 0 Å². The predicted molar refractivity (Wildman–Crippen MR) is 81.0 cm³/mol. The first kappa shape index (κ1) is 13.2. The van der Waals surface area contributed by atoms with Crippen molar-refractivity contribution in [2.75, 3.05) is 0 Å². The summed E-state index contributed by atoms with van der Waals surface area (Å²) in [5, 5.41) is 3.85. The van der Waals surface area contributed by atoms with Crippen LogP contribution in [0.5, 0.6) is 0 Å². The number of rotatable bonds is 3. The van der Waals surface area contributed by atoms with Gasteiger partial charge in [0.15, 0.2) is 0 Å². The van der Waals surface area contributed by atoms with Crippen molar-refractivity contribution in [3.05, 3.63) is 35.4 Å². The molecule has 0 heterocycles. The minimum Gasteiger partial charge on any atom is -0.309 e. The highest BCUT2D eigenvalue weighted by Gasteiger charge is 2.60. The van der Waals surface area contributed by atoms with E-state index in [2.05, 4.69) is 57.3 Å². The van der Waals surface area contributed by atoms with Crippen molar-refractivity contribution in [1.82, 2.24) is 5.32 Å². The molecule has 0 amide bonds. The SMILES string of the molecule is Cc1cccc(CNC2CC3CCC2(C)C3(C)C)c1. The van der Waals surface area contributed by atoms with Gasteiger partial charge in [-0.2, -0.15) is 0 Å². The summed E-state index contributed by atoms with van der Waals surface area (Å²) in [6.07, 6.45) is 4.21. The molecule has 1 heteroatoms. The zero-order valence-electron chi connectivity index (χ0n) is 12.8. The predicted octanol–water partition coefficient (Wildman–Crippen LogP) is 4.30. The fourth-order valence-electron chi connectivity index (χ4n) is 4.58. The second kappa shape index (κ2) is 4.34. The van der Waals surface area contributed by atoms with Crippen LogP contribution in [0.2, 0.25) is 0 Å². The maximum absolute atomic E-state index is 3.85. The molecule has 2 fully saturated rings. The van der Waals surface area contributed by atoms with Gasteiger partial charge in [0.1, 0.15) is 0 Å². The molecule has 104 valence electrons. The Labute approximate surface area is 117 Å². The van der Waals surface area contributed by atoms with Gasteiger partial charge in [-0.3, -0.25) is 0 Å². The van der Waals surface area contributed by atoms with Crippen LogP contribution in [-0.2, 0) is 6.54 Å². The maximum Gasteiger partial charge on any atom is 0.0208 e. The first-order valence-corrected chi connectivity index (χ1v) is 7.72. The number of fused-ring (bicyclic) bond motifs is 2. The number of nitrogens with one attached hydrogen (secondary N) is 1. The van der Waals surface area contributed by atoms with E-state index in [1.54, 1.807) is 0 Å². The molecule has 3 rings (SSSR count). The van der Waals surface area contributed by atoms with Gasteiger partial charge in [-0.15, -0.1) is 0 Å².